The van der Waals surface area contributed by atoms with Gasteiger partial charge in [0.2, 0.25) is 0 Å². The summed E-state index contributed by atoms with van der Waals surface area (Å²) in [5.41, 5.74) is 0.158. The molecule has 2 N–H and O–H groups in total. The topological polar surface area (TPSA) is 75.6 Å². The maximum atomic E-state index is 11.5. The largest absolute Gasteiger partial charge is 0.483 e. The number of carboxylic acid groups (broad SMARTS) is 1. The van der Waals surface area contributed by atoms with E-state index in [4.69, 9.17) is 9.84 Å². The molecule has 0 atom stereocenters. The Morgan fingerprint density at radius 1 is 1.40 bits per heavy atom. The first-order valence-corrected chi connectivity index (χ1v) is 7.11. The second-order valence-electron chi connectivity index (χ2n) is 4.77. The average molecular weight is 344 g/mol. The van der Waals surface area contributed by atoms with Crippen molar-refractivity contribution < 1.29 is 19.4 Å². The van der Waals surface area contributed by atoms with Gasteiger partial charge in [0.25, 0.3) is 5.91 Å². The number of aromatic carboxylic acids is 1. The summed E-state index contributed by atoms with van der Waals surface area (Å²) in [7, 11) is 0. The van der Waals surface area contributed by atoms with Crippen molar-refractivity contribution in [3.63, 3.8) is 0 Å². The number of carboxylic acids is 1. The van der Waals surface area contributed by atoms with Crippen molar-refractivity contribution in [2.75, 3.05) is 13.2 Å². The van der Waals surface area contributed by atoms with E-state index < -0.39 is 5.97 Å². The van der Waals surface area contributed by atoms with Gasteiger partial charge in [-0.1, -0.05) is 13.8 Å². The summed E-state index contributed by atoms with van der Waals surface area (Å²) in [6.45, 7) is 4.70. The molecule has 0 aliphatic carbocycles. The Balaban J connectivity index is 2.45. The van der Waals surface area contributed by atoms with E-state index in [1.807, 2.05) is 0 Å². The Morgan fingerprint density at radius 2 is 2.10 bits per heavy atom. The SMILES string of the molecule is CC(C)CCNC(=O)COc1ccc(C(=O)O)cc1Br. The van der Waals surface area contributed by atoms with Gasteiger partial charge in [0.1, 0.15) is 5.75 Å². The molecule has 1 aromatic rings. The molecule has 0 heterocycles. The predicted octanol–water partition coefficient (Wildman–Crippen LogP) is 2.69. The maximum Gasteiger partial charge on any atom is 0.335 e. The van der Waals surface area contributed by atoms with Crippen molar-refractivity contribution in [1.29, 1.82) is 0 Å². The fourth-order valence-corrected chi connectivity index (χ4v) is 1.94. The van der Waals surface area contributed by atoms with E-state index in [2.05, 4.69) is 35.1 Å². The van der Waals surface area contributed by atoms with E-state index >= 15 is 0 Å². The van der Waals surface area contributed by atoms with Gasteiger partial charge < -0.3 is 15.2 Å². The Bertz CT molecular complexity index is 488. The molecule has 0 aromatic heterocycles. The number of hydrogen-bond acceptors (Lipinski definition) is 3. The van der Waals surface area contributed by atoms with Crippen molar-refractivity contribution in [1.82, 2.24) is 5.32 Å². The van der Waals surface area contributed by atoms with Crippen LogP contribution in [0.4, 0.5) is 0 Å². The lowest BCUT2D eigenvalue weighted by Gasteiger charge is -2.10. The summed E-state index contributed by atoms with van der Waals surface area (Å²) in [5.74, 6) is -0.230. The highest BCUT2D eigenvalue weighted by molar-refractivity contribution is 9.10. The van der Waals surface area contributed by atoms with E-state index in [9.17, 15) is 9.59 Å². The monoisotopic (exact) mass is 343 g/mol. The van der Waals surface area contributed by atoms with E-state index in [1.165, 1.54) is 18.2 Å². The van der Waals surface area contributed by atoms with Gasteiger partial charge in [0.15, 0.2) is 6.61 Å². The van der Waals surface area contributed by atoms with Gasteiger partial charge in [-0.25, -0.2) is 4.79 Å². The van der Waals surface area contributed by atoms with Crippen LogP contribution in [0.15, 0.2) is 22.7 Å². The van der Waals surface area contributed by atoms with Gasteiger partial charge in [0.05, 0.1) is 10.0 Å². The number of hydrogen-bond donors (Lipinski definition) is 2. The molecule has 0 unspecified atom stereocenters. The predicted molar refractivity (Wildman–Crippen MR) is 79.1 cm³/mol. The highest BCUT2D eigenvalue weighted by Gasteiger charge is 2.09. The van der Waals surface area contributed by atoms with Gasteiger partial charge in [-0.2, -0.15) is 0 Å². The van der Waals surface area contributed by atoms with Gasteiger partial charge in [0, 0.05) is 6.54 Å². The molecule has 0 bridgehead atoms. The number of ether oxygens (including phenoxy) is 1. The number of amides is 1. The number of carbonyl (C=O) groups is 2. The summed E-state index contributed by atoms with van der Waals surface area (Å²) in [6.07, 6.45) is 0.919. The molecule has 0 aliphatic heterocycles. The summed E-state index contributed by atoms with van der Waals surface area (Å²) in [6, 6.07) is 4.39. The van der Waals surface area contributed by atoms with Gasteiger partial charge in [-0.3, -0.25) is 4.79 Å². The normalized spacial score (nSPS) is 10.4. The summed E-state index contributed by atoms with van der Waals surface area (Å²) < 4.78 is 5.85. The van der Waals surface area contributed by atoms with Crippen molar-refractivity contribution >= 4 is 27.8 Å². The first-order valence-electron chi connectivity index (χ1n) is 6.32. The first kappa shape index (κ1) is 16.5. The van der Waals surface area contributed by atoms with Crippen molar-refractivity contribution in [3.05, 3.63) is 28.2 Å². The zero-order valence-corrected chi connectivity index (χ0v) is 13.1. The van der Waals surface area contributed by atoms with Crippen LogP contribution in [0.3, 0.4) is 0 Å². The second kappa shape index (κ2) is 7.89. The Hall–Kier alpha value is -1.56. The highest BCUT2D eigenvalue weighted by atomic mass is 79.9. The van der Waals surface area contributed by atoms with Crippen LogP contribution in [-0.2, 0) is 4.79 Å². The summed E-state index contributed by atoms with van der Waals surface area (Å²) in [5, 5.41) is 11.6. The van der Waals surface area contributed by atoms with Gasteiger partial charge in [-0.15, -0.1) is 0 Å². The average Bonchev–Trinajstić information content (AvgIpc) is 2.36. The minimum absolute atomic E-state index is 0.0941. The van der Waals surface area contributed by atoms with E-state index in [0.29, 0.717) is 22.7 Å². The Labute approximate surface area is 126 Å². The smallest absolute Gasteiger partial charge is 0.335 e. The van der Waals surface area contributed by atoms with Crippen LogP contribution in [-0.4, -0.2) is 30.1 Å². The molecule has 0 radical (unpaired) electrons. The molecular weight excluding hydrogens is 326 g/mol. The summed E-state index contributed by atoms with van der Waals surface area (Å²) >= 11 is 3.22. The molecule has 1 amide bonds. The Kier molecular flexibility index (Phi) is 6.51. The molecule has 5 nitrogen and oxygen atoms in total. The molecule has 20 heavy (non-hydrogen) atoms. The zero-order valence-electron chi connectivity index (χ0n) is 11.5. The zero-order chi connectivity index (χ0) is 15.1. The van der Waals surface area contributed by atoms with Crippen molar-refractivity contribution in [3.8, 4) is 5.75 Å². The second-order valence-corrected chi connectivity index (χ2v) is 5.63. The minimum Gasteiger partial charge on any atom is -0.483 e. The molecular formula is C14H18BrNO4. The van der Waals surface area contributed by atoms with Crippen molar-refractivity contribution in [2.45, 2.75) is 20.3 Å². The summed E-state index contributed by atoms with van der Waals surface area (Å²) in [4.78, 5) is 22.3. The number of carbonyl (C=O) groups excluding carboxylic acids is 1. The third-order valence-corrected chi connectivity index (χ3v) is 3.20. The molecule has 110 valence electrons. The highest BCUT2D eigenvalue weighted by Crippen LogP contribution is 2.25. The number of benzene rings is 1. The third-order valence-electron chi connectivity index (χ3n) is 2.58. The Morgan fingerprint density at radius 3 is 2.65 bits per heavy atom. The lowest BCUT2D eigenvalue weighted by molar-refractivity contribution is -0.123. The molecule has 0 saturated heterocycles. The molecule has 1 aromatic carbocycles. The van der Waals surface area contributed by atoms with Crippen LogP contribution in [0, 0.1) is 5.92 Å². The van der Waals surface area contributed by atoms with E-state index in [1.54, 1.807) is 0 Å². The number of halogens is 1. The number of nitrogens with one attached hydrogen (secondary N) is 1. The molecule has 0 fully saturated rings. The standard InChI is InChI=1S/C14H18BrNO4/c1-9(2)5-6-16-13(17)8-20-12-4-3-10(14(18)19)7-11(12)15/h3-4,7,9H,5-6,8H2,1-2H3,(H,16,17)(H,18,19). The van der Waals surface area contributed by atoms with Gasteiger partial charge in [-0.05, 0) is 46.5 Å². The van der Waals surface area contributed by atoms with Crippen LogP contribution in [0.1, 0.15) is 30.6 Å². The van der Waals surface area contributed by atoms with Crippen LogP contribution in [0.25, 0.3) is 0 Å². The first-order chi connectivity index (χ1) is 9.40. The lowest BCUT2D eigenvalue weighted by Crippen LogP contribution is -2.30. The molecule has 0 saturated carbocycles. The van der Waals surface area contributed by atoms with E-state index in [0.717, 1.165) is 6.42 Å². The number of rotatable bonds is 7. The molecule has 0 spiro atoms. The fourth-order valence-electron chi connectivity index (χ4n) is 1.45. The van der Waals surface area contributed by atoms with Crippen LogP contribution < -0.4 is 10.1 Å². The molecule has 6 heteroatoms. The minimum atomic E-state index is -1.01. The van der Waals surface area contributed by atoms with Crippen molar-refractivity contribution in [2.24, 2.45) is 5.92 Å². The van der Waals surface area contributed by atoms with Gasteiger partial charge >= 0.3 is 5.97 Å². The van der Waals surface area contributed by atoms with E-state index in [-0.39, 0.29) is 18.1 Å². The van der Waals surface area contributed by atoms with Crippen LogP contribution >= 0.6 is 15.9 Å². The molecule has 1 rings (SSSR count). The molecule has 0 aliphatic rings. The third kappa shape index (κ3) is 5.61. The fraction of sp³-hybridized carbons (Fsp3) is 0.429. The lowest BCUT2D eigenvalue weighted by atomic mass is 10.1. The van der Waals surface area contributed by atoms with Crippen LogP contribution in [0.2, 0.25) is 0 Å². The quantitative estimate of drug-likeness (QED) is 0.797. The maximum absolute atomic E-state index is 11.5. The van der Waals surface area contributed by atoms with Crippen LogP contribution in [0.5, 0.6) is 5.75 Å².